The molecule has 3 heterocycles. The summed E-state index contributed by atoms with van der Waals surface area (Å²) in [5, 5.41) is 12.4. The molecule has 10 heteroatoms. The van der Waals surface area contributed by atoms with Crippen LogP contribution in [0.15, 0.2) is 25.3 Å². The molecule has 0 unspecified atom stereocenters. The van der Waals surface area contributed by atoms with Gasteiger partial charge in [-0.25, -0.2) is 0 Å². The van der Waals surface area contributed by atoms with Crippen LogP contribution in [0.25, 0.3) is 0 Å². The maximum atomic E-state index is 13.8. The predicted octanol–water partition coefficient (Wildman–Crippen LogP) is 1.18. The lowest BCUT2D eigenvalue weighted by Gasteiger charge is -2.36. The topological polar surface area (TPSA) is 125 Å². The average Bonchev–Trinajstić information content (AvgIpc) is 3.51. The van der Waals surface area contributed by atoms with Crippen molar-refractivity contribution in [2.45, 2.75) is 76.2 Å². The minimum Gasteiger partial charge on any atom is -0.460 e. The molecular weight excluding hydrogens is 478 g/mol. The van der Waals surface area contributed by atoms with E-state index in [9.17, 15) is 24.3 Å². The number of unbranched alkanes of at least 4 members (excludes halogenated alkanes) is 1. The monoisotopic (exact) mass is 519 g/mol. The number of β-amino-alcohol motifs (C(OH)–C–C–N with tert-alkyl or cyclic N) is 1. The van der Waals surface area contributed by atoms with Crippen LogP contribution in [-0.4, -0.2) is 95.2 Å². The van der Waals surface area contributed by atoms with E-state index in [0.29, 0.717) is 38.8 Å². The van der Waals surface area contributed by atoms with Gasteiger partial charge in [-0.3, -0.25) is 19.2 Å². The fraction of sp³-hybridized carbons (Fsp3) is 0.704. The number of amides is 3. The number of esters is 1. The van der Waals surface area contributed by atoms with Crippen LogP contribution in [0.2, 0.25) is 0 Å². The van der Waals surface area contributed by atoms with Crippen molar-refractivity contribution >= 4 is 23.7 Å². The van der Waals surface area contributed by atoms with Gasteiger partial charge >= 0.3 is 5.97 Å². The molecule has 206 valence electrons. The number of carbonyl (C=O) groups excluding carboxylic acids is 4. The molecular formula is C27H41N3O7. The number of nitrogens with one attached hydrogen (secondary N) is 1. The number of ether oxygens (including phenoxy) is 2. The number of carbonyl (C=O) groups is 4. The molecule has 3 aliphatic heterocycles. The van der Waals surface area contributed by atoms with Gasteiger partial charge in [-0.05, 0) is 32.6 Å². The molecule has 3 rings (SSSR count). The standard InChI is InChI=1S/C27H41N3O7/c1-5-8-10-20(32)28-17-18(4)36-26(35)21-19-11-12-27(37-19)22(21)24(33)30(15-16-31)23(27)25(34)29(13-7-3)14-9-6-2/h5,7,18-19,21-23,31H,1,3,6,8-17H2,2,4H3,(H,28,32)/t18-,19+,21-,22-,23+,27-/m0/s1. The number of rotatable bonds is 15. The van der Waals surface area contributed by atoms with Gasteiger partial charge in [-0.1, -0.05) is 25.5 Å². The maximum absolute atomic E-state index is 13.8. The first kappa shape index (κ1) is 28.8. The zero-order chi connectivity index (χ0) is 27.2. The smallest absolute Gasteiger partial charge is 0.312 e. The van der Waals surface area contributed by atoms with Crippen LogP contribution in [0.3, 0.4) is 0 Å². The van der Waals surface area contributed by atoms with E-state index in [4.69, 9.17) is 9.47 Å². The van der Waals surface area contributed by atoms with E-state index >= 15 is 0 Å². The maximum Gasteiger partial charge on any atom is 0.312 e. The fourth-order valence-electron chi connectivity index (χ4n) is 5.92. The van der Waals surface area contributed by atoms with Gasteiger partial charge in [-0.15, -0.1) is 13.2 Å². The highest BCUT2D eigenvalue weighted by molar-refractivity contribution is 5.98. The van der Waals surface area contributed by atoms with Crippen molar-refractivity contribution in [2.75, 3.05) is 32.8 Å². The number of hydrogen-bond donors (Lipinski definition) is 2. The van der Waals surface area contributed by atoms with E-state index in [1.54, 1.807) is 24.0 Å². The van der Waals surface area contributed by atoms with Crippen LogP contribution in [0.1, 0.15) is 52.4 Å². The van der Waals surface area contributed by atoms with Gasteiger partial charge in [0.25, 0.3) is 0 Å². The van der Waals surface area contributed by atoms with Crippen LogP contribution in [0.5, 0.6) is 0 Å². The summed E-state index contributed by atoms with van der Waals surface area (Å²) in [5.41, 5.74) is -1.13. The van der Waals surface area contributed by atoms with Crippen molar-refractivity contribution in [2.24, 2.45) is 11.8 Å². The second-order valence-electron chi connectivity index (χ2n) is 10.1. The Morgan fingerprint density at radius 2 is 2.11 bits per heavy atom. The van der Waals surface area contributed by atoms with Crippen LogP contribution in [0.4, 0.5) is 0 Å². The molecule has 6 atom stereocenters. The van der Waals surface area contributed by atoms with E-state index in [1.165, 1.54) is 4.90 Å². The number of allylic oxidation sites excluding steroid dienone is 1. The summed E-state index contributed by atoms with van der Waals surface area (Å²) in [4.78, 5) is 55.7. The zero-order valence-electron chi connectivity index (χ0n) is 22.0. The molecule has 1 spiro atoms. The summed E-state index contributed by atoms with van der Waals surface area (Å²) in [6, 6.07) is -0.918. The number of aliphatic hydroxyl groups excluding tert-OH is 1. The molecule has 0 radical (unpaired) electrons. The minimum absolute atomic E-state index is 0.0217. The molecule has 37 heavy (non-hydrogen) atoms. The Bertz CT molecular complexity index is 893. The van der Waals surface area contributed by atoms with E-state index in [-0.39, 0.29) is 37.4 Å². The van der Waals surface area contributed by atoms with Crippen molar-refractivity contribution in [3.8, 4) is 0 Å². The number of aliphatic hydroxyl groups is 1. The van der Waals surface area contributed by atoms with Crippen LogP contribution in [0, 0.1) is 11.8 Å². The van der Waals surface area contributed by atoms with E-state index in [1.807, 2.05) is 6.92 Å². The molecule has 2 N–H and O–H groups in total. The van der Waals surface area contributed by atoms with Gasteiger partial charge in [0.15, 0.2) is 0 Å². The Balaban J connectivity index is 1.79. The van der Waals surface area contributed by atoms with Gasteiger partial charge in [0, 0.05) is 26.1 Å². The highest BCUT2D eigenvalue weighted by Crippen LogP contribution is 2.58. The third-order valence-electron chi connectivity index (χ3n) is 7.57. The Morgan fingerprint density at radius 3 is 2.76 bits per heavy atom. The molecule has 3 aliphatic rings. The van der Waals surface area contributed by atoms with Crippen molar-refractivity contribution in [3.05, 3.63) is 25.3 Å². The highest BCUT2D eigenvalue weighted by Gasteiger charge is 2.75. The Hall–Kier alpha value is -2.72. The molecule has 0 aromatic heterocycles. The Morgan fingerprint density at radius 1 is 1.35 bits per heavy atom. The second-order valence-corrected chi connectivity index (χ2v) is 10.1. The van der Waals surface area contributed by atoms with E-state index in [0.717, 1.165) is 12.8 Å². The molecule has 3 amide bonds. The highest BCUT2D eigenvalue weighted by atomic mass is 16.6. The van der Waals surface area contributed by atoms with Gasteiger partial charge < -0.3 is 29.7 Å². The number of hydrogen-bond acceptors (Lipinski definition) is 7. The summed E-state index contributed by atoms with van der Waals surface area (Å²) in [6.45, 7) is 11.7. The zero-order valence-corrected chi connectivity index (χ0v) is 22.0. The first-order chi connectivity index (χ1) is 17.7. The normalized spacial score (nSPS) is 28.5. The lowest BCUT2D eigenvalue weighted by atomic mass is 9.70. The molecule has 2 bridgehead atoms. The molecule has 3 saturated heterocycles. The summed E-state index contributed by atoms with van der Waals surface area (Å²) in [6.07, 6.45) is 5.75. The Labute approximate surface area is 219 Å². The lowest BCUT2D eigenvalue weighted by molar-refractivity contribution is -0.159. The van der Waals surface area contributed by atoms with Crippen LogP contribution in [-0.2, 0) is 28.7 Å². The van der Waals surface area contributed by atoms with Crippen molar-refractivity contribution in [3.63, 3.8) is 0 Å². The fourth-order valence-corrected chi connectivity index (χ4v) is 5.92. The molecule has 0 aromatic rings. The SMILES string of the molecule is C=CCCC(=O)NC[C@H](C)OC(=O)[C@@H]1[C@H]2C(=O)N(CCO)[C@H](C(=O)N(CC=C)CCCC)[C@]23CC[C@H]1O3. The van der Waals surface area contributed by atoms with Gasteiger partial charge in [0.2, 0.25) is 17.7 Å². The van der Waals surface area contributed by atoms with Gasteiger partial charge in [0.05, 0.1) is 31.1 Å². The first-order valence-corrected chi connectivity index (χ1v) is 13.3. The molecule has 0 aromatic carbocycles. The Kier molecular flexibility index (Phi) is 9.89. The first-order valence-electron chi connectivity index (χ1n) is 13.3. The van der Waals surface area contributed by atoms with E-state index in [2.05, 4.69) is 18.5 Å². The predicted molar refractivity (Wildman–Crippen MR) is 136 cm³/mol. The van der Waals surface area contributed by atoms with Crippen molar-refractivity contribution in [1.29, 1.82) is 0 Å². The van der Waals surface area contributed by atoms with Crippen molar-refractivity contribution < 1.29 is 33.8 Å². The third kappa shape index (κ3) is 5.75. The van der Waals surface area contributed by atoms with Crippen molar-refractivity contribution in [1.82, 2.24) is 15.1 Å². The van der Waals surface area contributed by atoms with Gasteiger partial charge in [0.1, 0.15) is 17.7 Å². The number of fused-ring (bicyclic) bond motifs is 1. The number of nitrogens with zero attached hydrogens (tertiary/aromatic N) is 2. The third-order valence-corrected chi connectivity index (χ3v) is 7.57. The lowest BCUT2D eigenvalue weighted by Crippen LogP contribution is -2.56. The minimum atomic E-state index is -1.13. The average molecular weight is 520 g/mol. The van der Waals surface area contributed by atoms with E-state index < -0.39 is 41.7 Å². The number of likely N-dealkylation sites (tertiary alicyclic amines) is 1. The summed E-state index contributed by atoms with van der Waals surface area (Å²) in [7, 11) is 0. The second kappa shape index (κ2) is 12.7. The summed E-state index contributed by atoms with van der Waals surface area (Å²) < 4.78 is 12.0. The van der Waals surface area contributed by atoms with Crippen LogP contribution < -0.4 is 5.32 Å². The molecule has 3 fully saturated rings. The molecule has 0 aliphatic carbocycles. The molecule has 0 saturated carbocycles. The van der Waals surface area contributed by atoms with Crippen LogP contribution >= 0.6 is 0 Å². The van der Waals surface area contributed by atoms with Gasteiger partial charge in [-0.2, -0.15) is 0 Å². The summed E-state index contributed by atoms with van der Waals surface area (Å²) >= 11 is 0. The summed E-state index contributed by atoms with van der Waals surface area (Å²) in [5.74, 6) is -3.04. The quantitative estimate of drug-likeness (QED) is 0.246. The largest absolute Gasteiger partial charge is 0.460 e. The molecule has 10 nitrogen and oxygen atoms in total.